The van der Waals surface area contributed by atoms with E-state index in [0.29, 0.717) is 10.8 Å². The van der Waals surface area contributed by atoms with Crippen LogP contribution < -0.4 is 10.1 Å². The Morgan fingerprint density at radius 3 is 2.41 bits per heavy atom. The van der Waals surface area contributed by atoms with Crippen molar-refractivity contribution in [1.29, 1.82) is 0 Å². The second-order valence-electron chi connectivity index (χ2n) is 7.81. The zero-order valence-corrected chi connectivity index (χ0v) is 17.8. The lowest BCUT2D eigenvalue weighted by molar-refractivity contribution is -0.142. The molecule has 1 N–H and O–H groups in total. The van der Waals surface area contributed by atoms with Gasteiger partial charge in [-0.2, -0.15) is 0 Å². The number of amides is 2. The van der Waals surface area contributed by atoms with Gasteiger partial charge in [-0.25, -0.2) is 4.39 Å². The zero-order valence-electron chi connectivity index (χ0n) is 17.0. The van der Waals surface area contributed by atoms with Gasteiger partial charge in [-0.05, 0) is 69.7 Å². The van der Waals surface area contributed by atoms with Crippen molar-refractivity contribution in [2.75, 3.05) is 6.61 Å². The van der Waals surface area contributed by atoms with E-state index in [9.17, 15) is 14.0 Å². The van der Waals surface area contributed by atoms with E-state index in [1.807, 2.05) is 26.8 Å². The maximum atomic E-state index is 13.0. The monoisotopic (exact) mass is 420 g/mol. The Bertz CT molecular complexity index is 850. The second-order valence-corrected chi connectivity index (χ2v) is 8.25. The van der Waals surface area contributed by atoms with Crippen LogP contribution >= 0.6 is 11.6 Å². The molecule has 0 fully saturated rings. The highest BCUT2D eigenvalue weighted by atomic mass is 35.5. The summed E-state index contributed by atoms with van der Waals surface area (Å²) < 4.78 is 18.5. The molecule has 0 unspecified atom stereocenters. The van der Waals surface area contributed by atoms with Crippen molar-refractivity contribution in [3.05, 3.63) is 64.9 Å². The maximum Gasteiger partial charge on any atom is 0.261 e. The van der Waals surface area contributed by atoms with Crippen molar-refractivity contribution in [3.8, 4) is 5.75 Å². The molecule has 156 valence electrons. The molecule has 29 heavy (non-hydrogen) atoms. The lowest BCUT2D eigenvalue weighted by atomic mass is 10.1. The van der Waals surface area contributed by atoms with Crippen LogP contribution in [0.1, 0.15) is 33.3 Å². The van der Waals surface area contributed by atoms with E-state index in [-0.39, 0.29) is 25.0 Å². The summed E-state index contributed by atoms with van der Waals surface area (Å²) in [4.78, 5) is 27.0. The normalized spacial score (nSPS) is 12.2. The largest absolute Gasteiger partial charge is 0.484 e. The number of nitrogens with one attached hydrogen (secondary N) is 1. The summed E-state index contributed by atoms with van der Waals surface area (Å²) in [6.07, 6.45) is 0. The molecule has 0 aliphatic rings. The summed E-state index contributed by atoms with van der Waals surface area (Å²) in [5.41, 5.74) is 0.365. The minimum atomic E-state index is -0.725. The van der Waals surface area contributed by atoms with E-state index in [0.717, 1.165) is 5.56 Å². The molecule has 2 amide bonds. The van der Waals surface area contributed by atoms with Crippen molar-refractivity contribution in [3.63, 3.8) is 0 Å². The van der Waals surface area contributed by atoms with E-state index in [4.69, 9.17) is 16.3 Å². The zero-order chi connectivity index (χ0) is 21.6. The third-order valence-corrected chi connectivity index (χ3v) is 4.32. The molecule has 0 spiro atoms. The van der Waals surface area contributed by atoms with E-state index >= 15 is 0 Å². The van der Waals surface area contributed by atoms with Crippen molar-refractivity contribution in [1.82, 2.24) is 10.2 Å². The number of ether oxygens (including phenoxy) is 1. The SMILES string of the molecule is C[C@H](C(=O)NC(C)(C)C)N(Cc1cccc(Cl)c1)C(=O)COc1ccc(F)cc1. The molecular weight excluding hydrogens is 395 g/mol. The molecule has 0 saturated carbocycles. The van der Waals surface area contributed by atoms with Crippen molar-refractivity contribution < 1.29 is 18.7 Å². The molecule has 7 heteroatoms. The summed E-state index contributed by atoms with van der Waals surface area (Å²) in [7, 11) is 0. The van der Waals surface area contributed by atoms with Gasteiger partial charge in [-0.1, -0.05) is 23.7 Å². The maximum absolute atomic E-state index is 13.0. The number of carbonyl (C=O) groups excluding carboxylic acids is 2. The highest BCUT2D eigenvalue weighted by Crippen LogP contribution is 2.16. The topological polar surface area (TPSA) is 58.6 Å². The summed E-state index contributed by atoms with van der Waals surface area (Å²) in [5.74, 6) is -0.659. The molecule has 0 aliphatic heterocycles. The average molecular weight is 421 g/mol. The predicted octanol–water partition coefficient (Wildman–Crippen LogP) is 4.19. The molecule has 0 aromatic heterocycles. The molecule has 0 heterocycles. The van der Waals surface area contributed by atoms with Crippen LogP contribution in [0.15, 0.2) is 48.5 Å². The Balaban J connectivity index is 2.16. The molecule has 2 rings (SSSR count). The number of nitrogens with zero attached hydrogens (tertiary/aromatic N) is 1. The first-order chi connectivity index (χ1) is 13.5. The van der Waals surface area contributed by atoms with Crippen LogP contribution in [0.2, 0.25) is 5.02 Å². The summed E-state index contributed by atoms with van der Waals surface area (Å²) in [5, 5.41) is 3.44. The Labute approximate surface area is 175 Å². The van der Waals surface area contributed by atoms with Gasteiger partial charge in [0.2, 0.25) is 5.91 Å². The number of benzene rings is 2. The third kappa shape index (κ3) is 7.38. The van der Waals surface area contributed by atoms with E-state index in [1.54, 1.807) is 25.1 Å². The molecule has 0 aliphatic carbocycles. The van der Waals surface area contributed by atoms with Crippen LogP contribution in [-0.2, 0) is 16.1 Å². The molecule has 0 saturated heterocycles. The average Bonchev–Trinajstić information content (AvgIpc) is 2.63. The van der Waals surface area contributed by atoms with Gasteiger partial charge in [0.15, 0.2) is 6.61 Å². The Kier molecular flexibility index (Phi) is 7.62. The van der Waals surface area contributed by atoms with Crippen LogP contribution in [-0.4, -0.2) is 34.9 Å². The summed E-state index contributed by atoms with van der Waals surface area (Å²) in [6.45, 7) is 7.21. The van der Waals surface area contributed by atoms with E-state index in [2.05, 4.69) is 5.32 Å². The highest BCUT2D eigenvalue weighted by Gasteiger charge is 2.28. The van der Waals surface area contributed by atoms with Gasteiger partial charge in [0, 0.05) is 17.1 Å². The number of hydrogen-bond acceptors (Lipinski definition) is 3. The fraction of sp³-hybridized carbons (Fsp3) is 0.364. The second kappa shape index (κ2) is 9.74. The van der Waals surface area contributed by atoms with Crippen LogP contribution in [0.3, 0.4) is 0 Å². The first-order valence-corrected chi connectivity index (χ1v) is 9.67. The molecule has 0 bridgehead atoms. The van der Waals surface area contributed by atoms with Crippen molar-refractivity contribution >= 4 is 23.4 Å². The number of rotatable bonds is 7. The fourth-order valence-corrected chi connectivity index (χ4v) is 2.86. The van der Waals surface area contributed by atoms with Crippen LogP contribution in [0.5, 0.6) is 5.75 Å². The van der Waals surface area contributed by atoms with E-state index in [1.165, 1.54) is 29.2 Å². The van der Waals surface area contributed by atoms with Gasteiger partial charge in [-0.3, -0.25) is 9.59 Å². The summed E-state index contributed by atoms with van der Waals surface area (Å²) in [6, 6.07) is 11.8. The lowest BCUT2D eigenvalue weighted by Crippen LogP contribution is -2.53. The molecular formula is C22H26ClFN2O3. The minimum absolute atomic E-state index is 0.199. The van der Waals surface area contributed by atoms with Gasteiger partial charge >= 0.3 is 0 Å². The first-order valence-electron chi connectivity index (χ1n) is 9.29. The van der Waals surface area contributed by atoms with E-state index < -0.39 is 17.4 Å². The number of hydrogen-bond donors (Lipinski definition) is 1. The molecule has 1 atom stereocenters. The van der Waals surface area contributed by atoms with Gasteiger partial charge in [0.05, 0.1) is 0 Å². The fourth-order valence-electron chi connectivity index (χ4n) is 2.65. The Morgan fingerprint density at radius 1 is 1.17 bits per heavy atom. The molecule has 0 radical (unpaired) electrons. The highest BCUT2D eigenvalue weighted by molar-refractivity contribution is 6.30. The minimum Gasteiger partial charge on any atom is -0.484 e. The quantitative estimate of drug-likeness (QED) is 0.730. The Hall–Kier alpha value is -2.60. The molecule has 5 nitrogen and oxygen atoms in total. The van der Waals surface area contributed by atoms with Crippen molar-refractivity contribution in [2.45, 2.75) is 45.8 Å². The molecule has 2 aromatic rings. The third-order valence-electron chi connectivity index (χ3n) is 4.08. The van der Waals surface area contributed by atoms with Gasteiger partial charge in [0.1, 0.15) is 17.6 Å². The van der Waals surface area contributed by atoms with Gasteiger partial charge in [-0.15, -0.1) is 0 Å². The van der Waals surface area contributed by atoms with Crippen molar-refractivity contribution in [2.24, 2.45) is 0 Å². The Morgan fingerprint density at radius 2 is 1.83 bits per heavy atom. The summed E-state index contributed by atoms with van der Waals surface area (Å²) >= 11 is 6.05. The standard InChI is InChI=1S/C22H26ClFN2O3/c1-15(21(28)25-22(2,3)4)26(13-16-6-5-7-17(23)12-16)20(27)14-29-19-10-8-18(24)9-11-19/h5-12,15H,13-14H2,1-4H3,(H,25,28)/t15-/m1/s1. The smallest absolute Gasteiger partial charge is 0.261 e. The first kappa shape index (κ1) is 22.7. The van der Waals surface area contributed by atoms with Crippen LogP contribution in [0.4, 0.5) is 4.39 Å². The number of halogens is 2. The van der Waals surface area contributed by atoms with Crippen LogP contribution in [0.25, 0.3) is 0 Å². The number of carbonyl (C=O) groups is 2. The van der Waals surface area contributed by atoms with Gasteiger partial charge in [0.25, 0.3) is 5.91 Å². The molecule has 2 aromatic carbocycles. The van der Waals surface area contributed by atoms with Crippen LogP contribution in [0, 0.1) is 5.82 Å². The lowest BCUT2D eigenvalue weighted by Gasteiger charge is -2.31. The predicted molar refractivity (Wildman–Crippen MR) is 111 cm³/mol. The van der Waals surface area contributed by atoms with Gasteiger partial charge < -0.3 is 15.0 Å².